The van der Waals surface area contributed by atoms with Crippen molar-refractivity contribution in [1.29, 1.82) is 0 Å². The van der Waals surface area contributed by atoms with Crippen LogP contribution in [0.25, 0.3) is 0 Å². The van der Waals surface area contributed by atoms with Gasteiger partial charge in [-0.25, -0.2) is 8.42 Å². The lowest BCUT2D eigenvalue weighted by molar-refractivity contribution is -0.117. The average Bonchev–Trinajstić information content (AvgIpc) is 2.82. The van der Waals surface area contributed by atoms with Gasteiger partial charge in [0.15, 0.2) is 0 Å². The maximum atomic E-state index is 12.5. The van der Waals surface area contributed by atoms with Gasteiger partial charge in [-0.3, -0.25) is 9.52 Å². The highest BCUT2D eigenvalue weighted by Gasteiger charge is 2.33. The van der Waals surface area contributed by atoms with Crippen LogP contribution in [0.4, 0.5) is 11.4 Å². The number of fused-ring (bicyclic) bond motifs is 1. The quantitative estimate of drug-likeness (QED) is 0.865. The summed E-state index contributed by atoms with van der Waals surface area (Å²) in [6, 6.07) is 11.0. The summed E-state index contributed by atoms with van der Waals surface area (Å²) in [7, 11) is -3.71. The van der Waals surface area contributed by atoms with E-state index in [1.807, 2.05) is 13.8 Å². The number of hydrogen-bond donors (Lipinski definition) is 2. The molecule has 0 saturated carbocycles. The van der Waals surface area contributed by atoms with E-state index in [1.54, 1.807) is 18.2 Å². The molecule has 0 aliphatic carbocycles. The zero-order chi connectivity index (χ0) is 17.5. The molecule has 0 saturated heterocycles. The maximum Gasteiger partial charge on any atom is 0.261 e. The lowest BCUT2D eigenvalue weighted by Gasteiger charge is -2.14. The Balaban J connectivity index is 1.92. The van der Waals surface area contributed by atoms with Crippen molar-refractivity contribution in [3.05, 3.63) is 53.1 Å². The van der Waals surface area contributed by atoms with Gasteiger partial charge < -0.3 is 5.32 Å². The second kappa shape index (κ2) is 6.11. The van der Waals surface area contributed by atoms with Gasteiger partial charge in [-0.15, -0.1) is 0 Å². The first-order valence-corrected chi connectivity index (χ1v) is 9.37. The van der Waals surface area contributed by atoms with Crippen LogP contribution >= 0.6 is 11.6 Å². The minimum atomic E-state index is -3.71. The number of nitrogens with one attached hydrogen (secondary N) is 2. The topological polar surface area (TPSA) is 75.3 Å². The third-order valence-corrected chi connectivity index (χ3v) is 5.62. The number of benzene rings is 2. The molecule has 1 heterocycles. The first-order valence-electron chi connectivity index (χ1n) is 7.51. The molecule has 0 spiro atoms. The molecule has 1 amide bonds. The maximum absolute atomic E-state index is 12.5. The van der Waals surface area contributed by atoms with E-state index in [-0.39, 0.29) is 22.6 Å². The van der Waals surface area contributed by atoms with E-state index in [4.69, 9.17) is 11.6 Å². The Kier molecular flexibility index (Phi) is 4.27. The summed E-state index contributed by atoms with van der Waals surface area (Å²) in [6.07, 6.45) is 0. The summed E-state index contributed by atoms with van der Waals surface area (Å²) in [5.41, 5.74) is 1.96. The molecule has 2 N–H and O–H groups in total. The van der Waals surface area contributed by atoms with Crippen LogP contribution in [0.1, 0.15) is 25.3 Å². The highest BCUT2D eigenvalue weighted by atomic mass is 35.5. The Hall–Kier alpha value is -2.05. The summed E-state index contributed by atoms with van der Waals surface area (Å²) in [5, 5.41) is 3.29. The fraction of sp³-hybridized carbons (Fsp3) is 0.235. The van der Waals surface area contributed by atoms with Crippen molar-refractivity contribution in [3.8, 4) is 0 Å². The zero-order valence-corrected chi connectivity index (χ0v) is 14.8. The summed E-state index contributed by atoms with van der Waals surface area (Å²) in [5.74, 6) is -0.216. The van der Waals surface area contributed by atoms with E-state index in [2.05, 4.69) is 10.0 Å². The molecule has 1 aliphatic heterocycles. The highest BCUT2D eigenvalue weighted by Crippen LogP contribution is 2.39. The number of halogens is 1. The van der Waals surface area contributed by atoms with Gasteiger partial charge in [0.05, 0.1) is 10.8 Å². The van der Waals surface area contributed by atoms with Crippen molar-refractivity contribution in [2.24, 2.45) is 5.92 Å². The molecule has 1 atom stereocenters. The van der Waals surface area contributed by atoms with Crippen LogP contribution in [-0.2, 0) is 14.8 Å². The Bertz CT molecular complexity index is 893. The van der Waals surface area contributed by atoms with Crippen LogP contribution in [0.2, 0.25) is 5.02 Å². The minimum Gasteiger partial charge on any atom is -0.325 e. The first-order chi connectivity index (χ1) is 11.3. The number of anilines is 2. The molecule has 0 fully saturated rings. The van der Waals surface area contributed by atoms with E-state index in [0.717, 1.165) is 11.3 Å². The van der Waals surface area contributed by atoms with Gasteiger partial charge in [-0.2, -0.15) is 0 Å². The third-order valence-electron chi connectivity index (χ3n) is 3.97. The number of hydrogen-bond acceptors (Lipinski definition) is 3. The Labute approximate surface area is 146 Å². The van der Waals surface area contributed by atoms with Crippen LogP contribution in [0, 0.1) is 5.92 Å². The van der Waals surface area contributed by atoms with E-state index >= 15 is 0 Å². The average molecular weight is 365 g/mol. The van der Waals surface area contributed by atoms with Crippen LogP contribution in [0.15, 0.2) is 47.4 Å². The molecule has 0 radical (unpaired) electrons. The predicted molar refractivity (Wildman–Crippen MR) is 94.9 cm³/mol. The standard InChI is InChI=1S/C17H17ClN2O3S/c1-10(2)16-14-9-12(5-8-15(14)19-17(16)21)20-24(22,23)13-6-3-11(18)4-7-13/h3-10,16,20H,1-2H3,(H,19,21). The molecule has 2 aromatic rings. The van der Waals surface area contributed by atoms with Gasteiger partial charge in [-0.05, 0) is 53.9 Å². The van der Waals surface area contributed by atoms with Crippen molar-refractivity contribution in [1.82, 2.24) is 0 Å². The van der Waals surface area contributed by atoms with E-state index in [0.29, 0.717) is 10.7 Å². The normalized spacial score (nSPS) is 16.8. The van der Waals surface area contributed by atoms with Crippen LogP contribution in [-0.4, -0.2) is 14.3 Å². The van der Waals surface area contributed by atoms with Crippen LogP contribution in [0.3, 0.4) is 0 Å². The second-order valence-electron chi connectivity index (χ2n) is 6.07. The van der Waals surface area contributed by atoms with E-state index < -0.39 is 10.0 Å². The lowest BCUT2D eigenvalue weighted by atomic mass is 9.89. The highest BCUT2D eigenvalue weighted by molar-refractivity contribution is 7.92. The first kappa shape index (κ1) is 16.8. The molecule has 2 aromatic carbocycles. The smallest absolute Gasteiger partial charge is 0.261 e. The van der Waals surface area contributed by atoms with Crippen molar-refractivity contribution in [3.63, 3.8) is 0 Å². The third kappa shape index (κ3) is 3.12. The molecule has 1 unspecified atom stereocenters. The monoisotopic (exact) mass is 364 g/mol. The molecule has 126 valence electrons. The minimum absolute atomic E-state index is 0.0577. The van der Waals surface area contributed by atoms with Gasteiger partial charge in [0.2, 0.25) is 5.91 Å². The van der Waals surface area contributed by atoms with E-state index in [9.17, 15) is 13.2 Å². The number of amides is 1. The largest absolute Gasteiger partial charge is 0.325 e. The zero-order valence-electron chi connectivity index (χ0n) is 13.2. The summed E-state index contributed by atoms with van der Waals surface area (Å²) < 4.78 is 27.5. The Morgan fingerprint density at radius 3 is 2.42 bits per heavy atom. The van der Waals surface area contributed by atoms with Crippen molar-refractivity contribution in [2.45, 2.75) is 24.7 Å². The molecule has 7 heteroatoms. The molecule has 1 aliphatic rings. The summed E-state index contributed by atoms with van der Waals surface area (Å²) in [4.78, 5) is 12.2. The van der Waals surface area contributed by atoms with Crippen molar-refractivity contribution in [2.75, 3.05) is 10.0 Å². The van der Waals surface area contributed by atoms with Gasteiger partial charge in [-0.1, -0.05) is 25.4 Å². The number of carbonyl (C=O) groups is 1. The second-order valence-corrected chi connectivity index (χ2v) is 8.19. The van der Waals surface area contributed by atoms with Gasteiger partial charge >= 0.3 is 0 Å². The van der Waals surface area contributed by atoms with Crippen LogP contribution < -0.4 is 10.0 Å². The lowest BCUT2D eigenvalue weighted by Crippen LogP contribution is -2.17. The van der Waals surface area contributed by atoms with Crippen molar-refractivity contribution < 1.29 is 13.2 Å². The fourth-order valence-corrected chi connectivity index (χ4v) is 4.01. The van der Waals surface area contributed by atoms with Crippen molar-refractivity contribution >= 4 is 38.9 Å². The summed E-state index contributed by atoms with van der Waals surface area (Å²) >= 11 is 5.79. The summed E-state index contributed by atoms with van der Waals surface area (Å²) in [6.45, 7) is 3.92. The van der Waals surface area contributed by atoms with Gasteiger partial charge in [0.25, 0.3) is 10.0 Å². The molecule has 0 aromatic heterocycles. The van der Waals surface area contributed by atoms with E-state index in [1.165, 1.54) is 24.3 Å². The Morgan fingerprint density at radius 2 is 1.79 bits per heavy atom. The molecular weight excluding hydrogens is 348 g/mol. The predicted octanol–water partition coefficient (Wildman–Crippen LogP) is 3.83. The molecular formula is C17H17ClN2O3S. The number of carbonyl (C=O) groups excluding carboxylic acids is 1. The van der Waals surface area contributed by atoms with Crippen LogP contribution in [0.5, 0.6) is 0 Å². The Morgan fingerprint density at radius 1 is 1.12 bits per heavy atom. The van der Waals surface area contributed by atoms with Gasteiger partial charge in [0.1, 0.15) is 0 Å². The number of sulfonamides is 1. The molecule has 0 bridgehead atoms. The van der Waals surface area contributed by atoms with Gasteiger partial charge in [0, 0.05) is 16.4 Å². The SMILES string of the molecule is CC(C)C1C(=O)Nc2ccc(NS(=O)(=O)c3ccc(Cl)cc3)cc21. The molecule has 5 nitrogen and oxygen atoms in total. The number of rotatable bonds is 4. The fourth-order valence-electron chi connectivity index (χ4n) is 2.84. The molecule has 3 rings (SSSR count). The molecule has 24 heavy (non-hydrogen) atoms.